The average molecular weight is 423 g/mol. The van der Waals surface area contributed by atoms with Crippen LogP contribution in [0.2, 0.25) is 0 Å². The molecule has 0 spiro atoms. The van der Waals surface area contributed by atoms with Crippen LogP contribution in [0, 0.1) is 5.41 Å². The van der Waals surface area contributed by atoms with Crippen molar-refractivity contribution in [1.29, 1.82) is 0 Å². The Morgan fingerprint density at radius 2 is 1.86 bits per heavy atom. The molecule has 0 bridgehead atoms. The molecule has 0 unspecified atom stereocenters. The van der Waals surface area contributed by atoms with Crippen molar-refractivity contribution in [3.63, 3.8) is 0 Å². The van der Waals surface area contributed by atoms with Crippen molar-refractivity contribution in [1.82, 2.24) is 0 Å². The van der Waals surface area contributed by atoms with Crippen LogP contribution in [0.25, 0.3) is 0 Å². The first kappa shape index (κ1) is 19.1. The number of carboxylic acid groups (broad SMARTS) is 1. The van der Waals surface area contributed by atoms with Crippen LogP contribution in [0.5, 0.6) is 5.75 Å². The molecule has 0 saturated carbocycles. The average Bonchev–Trinajstić information content (AvgIpc) is 2.53. The Hall–Kier alpha value is -0.900. The first-order valence-electron chi connectivity index (χ1n) is 6.94. The van der Waals surface area contributed by atoms with Gasteiger partial charge in [0.2, 0.25) is 0 Å². The summed E-state index contributed by atoms with van der Waals surface area (Å²) >= 11 is 2.20. The highest BCUT2D eigenvalue weighted by Gasteiger charge is 2.29. The van der Waals surface area contributed by atoms with E-state index in [1.807, 2.05) is 0 Å². The molecule has 1 aromatic rings. The van der Waals surface area contributed by atoms with Crippen LogP contribution >= 0.6 is 22.6 Å². The van der Waals surface area contributed by atoms with Crippen molar-refractivity contribution in [3.05, 3.63) is 29.8 Å². The molecule has 0 aliphatic rings. The minimum absolute atomic E-state index is 0.141. The van der Waals surface area contributed by atoms with E-state index in [4.69, 9.17) is 15.6 Å². The lowest BCUT2D eigenvalue weighted by Gasteiger charge is -2.28. The smallest absolute Gasteiger partial charge is 0.320 e. The molecule has 1 atom stereocenters. The molecule has 0 aliphatic carbocycles. The molecule has 1 aromatic carbocycles. The Balaban J connectivity index is 2.62. The molecule has 5 N–H and O–H groups in total. The highest BCUT2D eigenvalue weighted by Crippen LogP contribution is 2.24. The zero-order chi connectivity index (χ0) is 16.6. The number of aliphatic carboxylic acids is 1. The third-order valence-electron chi connectivity index (χ3n) is 3.54. The van der Waals surface area contributed by atoms with Gasteiger partial charge in [0, 0.05) is 4.43 Å². The molecule has 124 valence electrons. The van der Waals surface area contributed by atoms with Crippen molar-refractivity contribution in [2.24, 2.45) is 11.1 Å². The van der Waals surface area contributed by atoms with Gasteiger partial charge < -0.3 is 25.8 Å². The van der Waals surface area contributed by atoms with E-state index in [0.29, 0.717) is 12.2 Å². The van der Waals surface area contributed by atoms with Crippen LogP contribution in [0.4, 0.5) is 0 Å². The standard InChI is InChI=1S/C15H22INO5/c16-6-5-15(8-18,9-19)10-22-12-3-1-11(2-4-12)7-13(17)14(20)21/h1-4,13,18-19H,5-10,17H2,(H,20,21)/t13-/m0/s1. The molecule has 0 radical (unpaired) electrons. The number of rotatable bonds is 10. The number of ether oxygens (including phenoxy) is 1. The predicted octanol–water partition coefficient (Wildman–Crippen LogP) is 0.816. The van der Waals surface area contributed by atoms with Crippen LogP contribution in [-0.2, 0) is 11.2 Å². The Morgan fingerprint density at radius 3 is 2.32 bits per heavy atom. The van der Waals surface area contributed by atoms with Gasteiger partial charge in [-0.25, -0.2) is 0 Å². The molecular weight excluding hydrogens is 401 g/mol. The molecule has 0 fully saturated rings. The van der Waals surface area contributed by atoms with E-state index in [-0.39, 0.29) is 26.2 Å². The van der Waals surface area contributed by atoms with Gasteiger partial charge in [0.25, 0.3) is 0 Å². The van der Waals surface area contributed by atoms with Crippen molar-refractivity contribution >= 4 is 28.6 Å². The number of nitrogens with two attached hydrogens (primary N) is 1. The summed E-state index contributed by atoms with van der Waals surface area (Å²) in [6.07, 6.45) is 0.910. The van der Waals surface area contributed by atoms with Crippen LogP contribution in [0.15, 0.2) is 24.3 Å². The van der Waals surface area contributed by atoms with E-state index in [2.05, 4.69) is 22.6 Å². The zero-order valence-corrected chi connectivity index (χ0v) is 14.4. The number of halogens is 1. The van der Waals surface area contributed by atoms with Crippen molar-refractivity contribution in [2.45, 2.75) is 18.9 Å². The number of benzene rings is 1. The minimum Gasteiger partial charge on any atom is -0.493 e. The van der Waals surface area contributed by atoms with E-state index >= 15 is 0 Å². The fourth-order valence-corrected chi connectivity index (χ4v) is 3.02. The third-order valence-corrected chi connectivity index (χ3v) is 4.08. The molecule has 0 heterocycles. The summed E-state index contributed by atoms with van der Waals surface area (Å²) in [4.78, 5) is 10.7. The quantitative estimate of drug-likeness (QED) is 0.328. The van der Waals surface area contributed by atoms with Gasteiger partial charge in [-0.1, -0.05) is 34.7 Å². The number of hydrogen-bond acceptors (Lipinski definition) is 5. The first-order chi connectivity index (χ1) is 10.5. The third kappa shape index (κ3) is 5.71. The van der Waals surface area contributed by atoms with Gasteiger partial charge in [-0.3, -0.25) is 4.79 Å². The second-order valence-electron chi connectivity index (χ2n) is 5.34. The van der Waals surface area contributed by atoms with E-state index in [0.717, 1.165) is 9.99 Å². The monoisotopic (exact) mass is 423 g/mol. The SMILES string of the molecule is N[C@@H](Cc1ccc(OCC(CO)(CO)CCI)cc1)C(=O)O. The molecule has 6 nitrogen and oxygen atoms in total. The Bertz CT molecular complexity index is 462. The first-order valence-corrected chi connectivity index (χ1v) is 8.47. The summed E-state index contributed by atoms with van der Waals surface area (Å²) in [7, 11) is 0. The summed E-state index contributed by atoms with van der Waals surface area (Å²) in [5.41, 5.74) is 5.65. The summed E-state index contributed by atoms with van der Waals surface area (Å²) < 4.78 is 6.46. The van der Waals surface area contributed by atoms with E-state index in [1.54, 1.807) is 24.3 Å². The Morgan fingerprint density at radius 1 is 1.27 bits per heavy atom. The number of carbonyl (C=O) groups is 1. The molecule has 22 heavy (non-hydrogen) atoms. The molecule has 1 rings (SSSR count). The molecule has 0 amide bonds. The molecule has 0 aromatic heterocycles. The molecular formula is C15H22INO5. The van der Waals surface area contributed by atoms with Crippen LogP contribution in [-0.4, -0.2) is 51.6 Å². The van der Waals surface area contributed by atoms with E-state index in [9.17, 15) is 15.0 Å². The Labute approximate surface area is 143 Å². The predicted molar refractivity (Wildman–Crippen MR) is 91.4 cm³/mol. The lowest BCUT2D eigenvalue weighted by molar-refractivity contribution is -0.138. The zero-order valence-electron chi connectivity index (χ0n) is 12.2. The van der Waals surface area contributed by atoms with Crippen molar-refractivity contribution in [2.75, 3.05) is 24.2 Å². The van der Waals surface area contributed by atoms with E-state index < -0.39 is 17.4 Å². The molecule has 7 heteroatoms. The fourth-order valence-electron chi connectivity index (χ4n) is 1.87. The van der Waals surface area contributed by atoms with Gasteiger partial charge in [0.15, 0.2) is 0 Å². The normalized spacial score (nSPS) is 12.9. The van der Waals surface area contributed by atoms with E-state index in [1.165, 1.54) is 0 Å². The Kier molecular flexibility index (Phi) is 8.08. The van der Waals surface area contributed by atoms with Gasteiger partial charge in [0.1, 0.15) is 11.8 Å². The number of alkyl halides is 1. The minimum atomic E-state index is -1.03. The number of hydrogen-bond donors (Lipinski definition) is 4. The van der Waals surface area contributed by atoms with Crippen LogP contribution in [0.3, 0.4) is 0 Å². The summed E-state index contributed by atoms with van der Waals surface area (Å²) in [5.74, 6) is -0.429. The van der Waals surface area contributed by atoms with Crippen molar-refractivity contribution in [3.8, 4) is 5.75 Å². The molecule has 0 aliphatic heterocycles. The second-order valence-corrected chi connectivity index (χ2v) is 6.42. The van der Waals surface area contributed by atoms with Gasteiger partial charge in [-0.15, -0.1) is 0 Å². The lowest BCUT2D eigenvalue weighted by atomic mass is 9.88. The summed E-state index contributed by atoms with van der Waals surface area (Å²) in [6, 6.07) is 6.05. The number of aliphatic hydroxyl groups is 2. The lowest BCUT2D eigenvalue weighted by Crippen LogP contribution is -2.36. The van der Waals surface area contributed by atoms with Gasteiger partial charge >= 0.3 is 5.97 Å². The van der Waals surface area contributed by atoms with Gasteiger partial charge in [-0.2, -0.15) is 0 Å². The van der Waals surface area contributed by atoms with Gasteiger partial charge in [-0.05, 0) is 30.5 Å². The largest absolute Gasteiger partial charge is 0.493 e. The highest BCUT2D eigenvalue weighted by molar-refractivity contribution is 14.1. The number of carboxylic acids is 1. The number of aliphatic hydroxyl groups excluding tert-OH is 2. The second kappa shape index (κ2) is 9.29. The summed E-state index contributed by atoms with van der Waals surface area (Å²) in [6.45, 7) is -0.0624. The topological polar surface area (TPSA) is 113 Å². The van der Waals surface area contributed by atoms with Crippen molar-refractivity contribution < 1.29 is 24.9 Å². The summed E-state index contributed by atoms with van der Waals surface area (Å²) in [5, 5.41) is 27.7. The molecule has 0 saturated heterocycles. The highest BCUT2D eigenvalue weighted by atomic mass is 127. The fraction of sp³-hybridized carbons (Fsp3) is 0.533. The van der Waals surface area contributed by atoms with Gasteiger partial charge in [0.05, 0.1) is 25.2 Å². The maximum absolute atomic E-state index is 10.7. The maximum Gasteiger partial charge on any atom is 0.320 e. The van der Waals surface area contributed by atoms with Crippen LogP contribution < -0.4 is 10.5 Å². The van der Waals surface area contributed by atoms with Crippen LogP contribution in [0.1, 0.15) is 12.0 Å². The maximum atomic E-state index is 10.7.